The number of carbonyl (C=O) groups excluding carboxylic acids is 1. The number of aliphatic carboxylic acids is 1. The molecule has 0 unspecified atom stereocenters. The Labute approximate surface area is 164 Å². The number of carboxylic acids is 1. The molecule has 1 aliphatic rings. The molecule has 8 heteroatoms. The van der Waals surface area contributed by atoms with Crippen LogP contribution in [-0.2, 0) is 9.59 Å². The maximum atomic E-state index is 12.7. The lowest BCUT2D eigenvalue weighted by Crippen LogP contribution is -2.27. The maximum absolute atomic E-state index is 12.7. The average Bonchev–Trinajstić information content (AvgIpc) is 2.87. The van der Waals surface area contributed by atoms with E-state index in [0.29, 0.717) is 31.2 Å². The summed E-state index contributed by atoms with van der Waals surface area (Å²) in [5, 5.41) is 9.20. The number of rotatable bonds is 5. The number of hydrogen-bond acceptors (Lipinski definition) is 5. The number of carbonyl (C=O) groups is 2. The third kappa shape index (κ3) is 4.24. The van der Waals surface area contributed by atoms with Crippen LogP contribution < -0.4 is 9.64 Å². The van der Waals surface area contributed by atoms with Crippen LogP contribution in [0, 0.1) is 0 Å². The summed E-state index contributed by atoms with van der Waals surface area (Å²) in [5.74, 6) is -0.886. The highest BCUT2D eigenvalue weighted by Crippen LogP contribution is 2.36. The molecule has 0 radical (unpaired) electrons. The van der Waals surface area contributed by atoms with Crippen molar-refractivity contribution in [2.24, 2.45) is 0 Å². The van der Waals surface area contributed by atoms with E-state index in [-0.39, 0.29) is 5.91 Å². The van der Waals surface area contributed by atoms with E-state index in [9.17, 15) is 9.59 Å². The van der Waals surface area contributed by atoms with Crippen molar-refractivity contribution in [2.75, 3.05) is 11.5 Å². The fourth-order valence-electron chi connectivity index (χ4n) is 2.30. The Balaban J connectivity index is 1.84. The van der Waals surface area contributed by atoms with Crippen molar-refractivity contribution in [1.82, 2.24) is 0 Å². The predicted octanol–water partition coefficient (Wildman–Crippen LogP) is 4.21. The Kier molecular flexibility index (Phi) is 5.61. The first kappa shape index (κ1) is 18.4. The number of amides is 1. The summed E-state index contributed by atoms with van der Waals surface area (Å²) < 4.78 is 5.57. The van der Waals surface area contributed by atoms with Gasteiger partial charge >= 0.3 is 5.97 Å². The number of halogens is 1. The summed E-state index contributed by atoms with van der Waals surface area (Å²) in [4.78, 5) is 25.2. The fraction of sp³-hybridized carbons (Fsp3) is 0.0556. The van der Waals surface area contributed by atoms with Crippen LogP contribution in [-0.4, -0.2) is 27.9 Å². The summed E-state index contributed by atoms with van der Waals surface area (Å²) in [7, 11) is 0. The zero-order chi connectivity index (χ0) is 18.7. The molecule has 1 fully saturated rings. The highest BCUT2D eigenvalue weighted by molar-refractivity contribution is 8.27. The van der Waals surface area contributed by atoms with Gasteiger partial charge in [-0.3, -0.25) is 9.69 Å². The molecule has 3 rings (SSSR count). The van der Waals surface area contributed by atoms with Crippen LogP contribution in [0.2, 0.25) is 5.02 Å². The molecule has 1 saturated heterocycles. The first-order valence-corrected chi connectivity index (χ1v) is 9.02. The normalized spacial score (nSPS) is 15.6. The maximum Gasteiger partial charge on any atom is 0.341 e. The molecule has 0 atom stereocenters. The molecule has 2 aromatic carbocycles. The molecule has 1 aliphatic heterocycles. The Morgan fingerprint density at radius 3 is 2.77 bits per heavy atom. The monoisotopic (exact) mass is 405 g/mol. The van der Waals surface area contributed by atoms with Crippen LogP contribution in [0.4, 0.5) is 5.69 Å². The number of thiocarbonyl (C=S) groups is 1. The SMILES string of the molecule is O=C(O)COc1cccc(/C=C2/SC(=S)N(c3cccc(Cl)c3)C2=O)c1. The Bertz CT molecular complexity index is 929. The minimum Gasteiger partial charge on any atom is -0.482 e. The van der Waals surface area contributed by atoms with Crippen molar-refractivity contribution >= 4 is 63.5 Å². The van der Waals surface area contributed by atoms with Gasteiger partial charge in [-0.05, 0) is 42.0 Å². The van der Waals surface area contributed by atoms with Crippen molar-refractivity contribution in [2.45, 2.75) is 0 Å². The molecule has 0 saturated carbocycles. The van der Waals surface area contributed by atoms with E-state index >= 15 is 0 Å². The summed E-state index contributed by atoms with van der Waals surface area (Å²) in [6.07, 6.45) is 1.69. The third-order valence-electron chi connectivity index (χ3n) is 3.38. The summed E-state index contributed by atoms with van der Waals surface area (Å²) >= 11 is 12.5. The van der Waals surface area contributed by atoms with Gasteiger partial charge in [0.1, 0.15) is 5.75 Å². The number of thioether (sulfide) groups is 1. The van der Waals surface area contributed by atoms with Crippen molar-refractivity contribution in [3.8, 4) is 5.75 Å². The van der Waals surface area contributed by atoms with Crippen LogP contribution in [0.15, 0.2) is 53.4 Å². The van der Waals surface area contributed by atoms with Gasteiger partial charge in [0.25, 0.3) is 5.91 Å². The molecule has 2 aromatic rings. The molecule has 1 amide bonds. The van der Waals surface area contributed by atoms with Crippen LogP contribution >= 0.6 is 35.6 Å². The first-order chi connectivity index (χ1) is 12.4. The molecular weight excluding hydrogens is 394 g/mol. The Morgan fingerprint density at radius 2 is 2.04 bits per heavy atom. The predicted molar refractivity (Wildman–Crippen MR) is 107 cm³/mol. The number of hydrogen-bond donors (Lipinski definition) is 1. The fourth-order valence-corrected chi connectivity index (χ4v) is 3.78. The van der Waals surface area contributed by atoms with Crippen molar-refractivity contribution < 1.29 is 19.4 Å². The van der Waals surface area contributed by atoms with E-state index in [4.69, 9.17) is 33.7 Å². The minimum atomic E-state index is -1.06. The quantitative estimate of drug-likeness (QED) is 0.593. The summed E-state index contributed by atoms with van der Waals surface area (Å²) in [6, 6.07) is 13.7. The van der Waals surface area contributed by atoms with Crippen molar-refractivity contribution in [3.05, 3.63) is 64.0 Å². The van der Waals surface area contributed by atoms with E-state index in [1.54, 1.807) is 54.6 Å². The lowest BCUT2D eigenvalue weighted by Gasteiger charge is -2.14. The van der Waals surface area contributed by atoms with E-state index in [2.05, 4.69) is 0 Å². The summed E-state index contributed by atoms with van der Waals surface area (Å²) in [5.41, 5.74) is 1.32. The Morgan fingerprint density at radius 1 is 1.27 bits per heavy atom. The molecule has 0 aliphatic carbocycles. The van der Waals surface area contributed by atoms with Gasteiger partial charge in [-0.2, -0.15) is 0 Å². The van der Waals surface area contributed by atoms with Gasteiger partial charge in [-0.15, -0.1) is 0 Å². The van der Waals surface area contributed by atoms with Crippen molar-refractivity contribution in [1.29, 1.82) is 0 Å². The van der Waals surface area contributed by atoms with Crippen molar-refractivity contribution in [3.63, 3.8) is 0 Å². The Hall–Kier alpha value is -2.35. The van der Waals surface area contributed by atoms with Gasteiger partial charge in [0, 0.05) is 5.02 Å². The topological polar surface area (TPSA) is 66.8 Å². The molecule has 1 N–H and O–H groups in total. The van der Waals surface area contributed by atoms with Gasteiger partial charge in [0.05, 0.1) is 10.6 Å². The molecular formula is C18H12ClNO4S2. The number of nitrogens with zero attached hydrogens (tertiary/aromatic N) is 1. The molecule has 0 spiro atoms. The smallest absolute Gasteiger partial charge is 0.341 e. The standard InChI is InChI=1S/C18H12ClNO4S2/c19-12-4-2-5-13(9-12)20-17(23)15(26-18(20)25)8-11-3-1-6-14(7-11)24-10-16(21)22/h1-9H,10H2,(H,21,22)/b15-8+. The van der Waals surface area contributed by atoms with Crippen LogP contribution in [0.1, 0.15) is 5.56 Å². The molecule has 0 aromatic heterocycles. The molecule has 132 valence electrons. The first-order valence-electron chi connectivity index (χ1n) is 7.42. The minimum absolute atomic E-state index is 0.237. The van der Waals surface area contributed by atoms with E-state index in [0.717, 1.165) is 0 Å². The second kappa shape index (κ2) is 7.90. The van der Waals surface area contributed by atoms with E-state index < -0.39 is 12.6 Å². The number of ether oxygens (including phenoxy) is 1. The van der Waals surface area contributed by atoms with Gasteiger partial charge in [0.15, 0.2) is 10.9 Å². The molecule has 5 nitrogen and oxygen atoms in total. The third-order valence-corrected chi connectivity index (χ3v) is 4.92. The second-order valence-electron chi connectivity index (χ2n) is 5.25. The van der Waals surface area contributed by atoms with Crippen LogP contribution in [0.3, 0.4) is 0 Å². The highest BCUT2D eigenvalue weighted by Gasteiger charge is 2.33. The second-order valence-corrected chi connectivity index (χ2v) is 7.36. The number of benzene rings is 2. The largest absolute Gasteiger partial charge is 0.482 e. The van der Waals surface area contributed by atoms with E-state index in [1.807, 2.05) is 0 Å². The average molecular weight is 406 g/mol. The van der Waals surface area contributed by atoms with Gasteiger partial charge in [-0.25, -0.2) is 4.79 Å². The number of carboxylic acid groups (broad SMARTS) is 1. The lowest BCUT2D eigenvalue weighted by atomic mass is 10.2. The summed E-state index contributed by atoms with van der Waals surface area (Å²) in [6.45, 7) is -0.430. The highest BCUT2D eigenvalue weighted by atomic mass is 35.5. The molecule has 0 bridgehead atoms. The lowest BCUT2D eigenvalue weighted by molar-refractivity contribution is -0.139. The van der Waals surface area contributed by atoms with E-state index in [1.165, 1.54) is 16.7 Å². The van der Waals surface area contributed by atoms with Crippen LogP contribution in [0.25, 0.3) is 6.08 Å². The van der Waals surface area contributed by atoms with Crippen LogP contribution in [0.5, 0.6) is 5.75 Å². The number of anilines is 1. The van der Waals surface area contributed by atoms with Gasteiger partial charge in [0.2, 0.25) is 0 Å². The molecule has 26 heavy (non-hydrogen) atoms. The van der Waals surface area contributed by atoms with Gasteiger partial charge < -0.3 is 9.84 Å². The van der Waals surface area contributed by atoms with Gasteiger partial charge in [-0.1, -0.05) is 53.8 Å². The molecule has 1 heterocycles. The zero-order valence-corrected chi connectivity index (χ0v) is 15.6. The zero-order valence-electron chi connectivity index (χ0n) is 13.2.